The molecule has 21 heavy (non-hydrogen) atoms. The number of amides is 1. The van der Waals surface area contributed by atoms with E-state index in [1.54, 1.807) is 6.92 Å². The Morgan fingerprint density at radius 1 is 1.43 bits per heavy atom. The summed E-state index contributed by atoms with van der Waals surface area (Å²) in [5.74, 6) is -0.608. The Morgan fingerprint density at radius 3 is 2.62 bits per heavy atom. The Balaban J connectivity index is 2.31. The van der Waals surface area contributed by atoms with Crippen molar-refractivity contribution in [3.8, 4) is 0 Å². The quantitative estimate of drug-likeness (QED) is 0.873. The Kier molecular flexibility index (Phi) is 4.11. The van der Waals surface area contributed by atoms with E-state index in [-0.39, 0.29) is 20.7 Å². The van der Waals surface area contributed by atoms with Gasteiger partial charge in [0.25, 0.3) is 5.91 Å². The minimum Gasteiger partial charge on any atom is -0.375 e. The summed E-state index contributed by atoms with van der Waals surface area (Å²) in [6.07, 6.45) is -4.52. The van der Waals surface area contributed by atoms with Crippen LogP contribution in [-0.4, -0.2) is 10.9 Å². The number of nitrogens with one attached hydrogen (secondary N) is 1. The number of hydrogen-bond donors (Lipinski definition) is 2. The summed E-state index contributed by atoms with van der Waals surface area (Å²) in [6, 6.07) is 2.70. The summed E-state index contributed by atoms with van der Waals surface area (Å²) in [5, 5.41) is 2.54. The van der Waals surface area contributed by atoms with Crippen LogP contribution in [0, 0.1) is 6.92 Å². The molecular weight excluding hydrogens is 327 g/mol. The van der Waals surface area contributed by atoms with E-state index in [2.05, 4.69) is 10.3 Å². The molecule has 1 heterocycles. The topological polar surface area (TPSA) is 68.0 Å². The molecule has 3 N–H and O–H groups in total. The zero-order valence-electron chi connectivity index (χ0n) is 10.6. The first-order valence-electron chi connectivity index (χ1n) is 5.59. The van der Waals surface area contributed by atoms with Crippen molar-refractivity contribution in [3.05, 3.63) is 39.4 Å². The van der Waals surface area contributed by atoms with Crippen molar-refractivity contribution in [3.63, 3.8) is 0 Å². The predicted molar refractivity (Wildman–Crippen MR) is 75.7 cm³/mol. The number of aryl methyl sites for hydroxylation is 1. The van der Waals surface area contributed by atoms with Crippen LogP contribution in [0.25, 0.3) is 0 Å². The number of aromatic nitrogens is 1. The molecule has 0 radical (unpaired) electrons. The molecule has 1 amide bonds. The van der Waals surface area contributed by atoms with Crippen LogP contribution in [0.2, 0.25) is 5.02 Å². The van der Waals surface area contributed by atoms with Gasteiger partial charge in [0, 0.05) is 0 Å². The zero-order valence-corrected chi connectivity index (χ0v) is 12.2. The van der Waals surface area contributed by atoms with E-state index in [4.69, 9.17) is 17.3 Å². The molecule has 0 bridgehead atoms. The lowest BCUT2D eigenvalue weighted by atomic mass is 10.2. The van der Waals surface area contributed by atoms with E-state index >= 15 is 0 Å². The second-order valence-electron chi connectivity index (χ2n) is 4.11. The van der Waals surface area contributed by atoms with Gasteiger partial charge in [-0.05, 0) is 25.1 Å². The van der Waals surface area contributed by atoms with E-state index in [0.717, 1.165) is 29.5 Å². The molecule has 1 aromatic carbocycles. The highest BCUT2D eigenvalue weighted by Gasteiger charge is 2.31. The molecule has 2 aromatic rings. The number of halogens is 4. The summed E-state index contributed by atoms with van der Waals surface area (Å²) < 4.78 is 37.9. The number of carbonyl (C=O) groups is 1. The second-order valence-corrected chi connectivity index (χ2v) is 5.55. The van der Waals surface area contributed by atoms with Gasteiger partial charge in [0.05, 0.1) is 22.0 Å². The van der Waals surface area contributed by atoms with Gasteiger partial charge in [0.2, 0.25) is 0 Å². The number of hydrogen-bond acceptors (Lipinski definition) is 4. The van der Waals surface area contributed by atoms with E-state index < -0.39 is 17.6 Å². The van der Waals surface area contributed by atoms with E-state index in [1.807, 2.05) is 0 Å². The third-order valence-electron chi connectivity index (χ3n) is 2.56. The average Bonchev–Trinajstić information content (AvgIpc) is 2.70. The Bertz CT molecular complexity index is 700. The van der Waals surface area contributed by atoms with E-state index in [1.165, 1.54) is 0 Å². The number of anilines is 2. The highest BCUT2D eigenvalue weighted by atomic mass is 35.5. The lowest BCUT2D eigenvalue weighted by Gasteiger charge is -2.11. The van der Waals surface area contributed by atoms with Crippen LogP contribution in [0.1, 0.15) is 20.9 Å². The predicted octanol–water partition coefficient (Wildman–Crippen LogP) is 3.96. The van der Waals surface area contributed by atoms with Gasteiger partial charge in [0.15, 0.2) is 5.13 Å². The molecule has 0 unspecified atom stereocenters. The molecule has 1 aromatic heterocycles. The second kappa shape index (κ2) is 5.53. The Labute approximate surface area is 126 Å². The first-order valence-corrected chi connectivity index (χ1v) is 6.79. The largest absolute Gasteiger partial charge is 0.416 e. The molecule has 0 atom stereocenters. The van der Waals surface area contributed by atoms with Crippen LogP contribution in [-0.2, 0) is 6.18 Å². The third kappa shape index (κ3) is 3.45. The molecule has 0 saturated heterocycles. The lowest BCUT2D eigenvalue weighted by Crippen LogP contribution is -2.13. The number of nitrogens with zero attached hydrogens (tertiary/aromatic N) is 1. The summed E-state index contributed by atoms with van der Waals surface area (Å²) in [5.41, 5.74) is 4.85. The van der Waals surface area contributed by atoms with Gasteiger partial charge in [-0.15, -0.1) is 0 Å². The van der Waals surface area contributed by atoms with Crippen molar-refractivity contribution in [1.82, 2.24) is 4.98 Å². The van der Waals surface area contributed by atoms with Crippen molar-refractivity contribution in [2.45, 2.75) is 13.1 Å². The SMILES string of the molecule is Cc1nc(N)sc1C(=O)Nc1cc(C(F)(F)F)ccc1Cl. The van der Waals surface area contributed by atoms with Crippen molar-refractivity contribution in [2.75, 3.05) is 11.1 Å². The number of alkyl halides is 3. The molecule has 0 saturated carbocycles. The average molecular weight is 336 g/mol. The minimum atomic E-state index is -4.52. The van der Waals surface area contributed by atoms with Gasteiger partial charge < -0.3 is 11.1 Å². The van der Waals surface area contributed by atoms with Gasteiger partial charge in [0.1, 0.15) is 4.88 Å². The highest BCUT2D eigenvalue weighted by Crippen LogP contribution is 2.34. The minimum absolute atomic E-state index is 0.00601. The number of carbonyl (C=O) groups excluding carboxylic acids is 1. The third-order valence-corrected chi connectivity index (χ3v) is 3.88. The van der Waals surface area contributed by atoms with Crippen LogP contribution in [0.15, 0.2) is 18.2 Å². The first kappa shape index (κ1) is 15.6. The van der Waals surface area contributed by atoms with Gasteiger partial charge in [-0.25, -0.2) is 4.98 Å². The zero-order chi connectivity index (χ0) is 15.8. The molecule has 0 aliphatic rings. The number of benzene rings is 1. The van der Waals surface area contributed by atoms with Crippen LogP contribution >= 0.6 is 22.9 Å². The van der Waals surface area contributed by atoms with Gasteiger partial charge in [-0.2, -0.15) is 13.2 Å². The molecule has 2 rings (SSSR count). The molecule has 4 nitrogen and oxygen atoms in total. The van der Waals surface area contributed by atoms with Gasteiger partial charge in [-0.3, -0.25) is 4.79 Å². The maximum atomic E-state index is 12.6. The molecular formula is C12H9ClF3N3OS. The summed E-state index contributed by atoms with van der Waals surface area (Å²) in [7, 11) is 0. The van der Waals surface area contributed by atoms with Gasteiger partial charge in [-0.1, -0.05) is 22.9 Å². The Hall–Kier alpha value is -1.80. The summed E-state index contributed by atoms with van der Waals surface area (Å²) in [4.78, 5) is 16.1. The standard InChI is InChI=1S/C12H9ClF3N3OS/c1-5-9(21-11(17)18-5)10(20)19-8-4-6(12(14,15)16)2-3-7(8)13/h2-4H,1H3,(H2,17,18)(H,19,20). The number of rotatable bonds is 2. The van der Waals surface area contributed by atoms with Crippen molar-refractivity contribution in [1.29, 1.82) is 0 Å². The normalized spacial score (nSPS) is 11.5. The lowest BCUT2D eigenvalue weighted by molar-refractivity contribution is -0.137. The first-order chi connectivity index (χ1) is 9.68. The van der Waals surface area contributed by atoms with Gasteiger partial charge >= 0.3 is 6.18 Å². The fourth-order valence-electron chi connectivity index (χ4n) is 1.60. The van der Waals surface area contributed by atoms with Crippen LogP contribution < -0.4 is 11.1 Å². The summed E-state index contributed by atoms with van der Waals surface area (Å²) in [6.45, 7) is 1.58. The highest BCUT2D eigenvalue weighted by molar-refractivity contribution is 7.17. The van der Waals surface area contributed by atoms with Crippen molar-refractivity contribution >= 4 is 39.7 Å². The van der Waals surface area contributed by atoms with Crippen LogP contribution in [0.3, 0.4) is 0 Å². The molecule has 0 aliphatic carbocycles. The fourth-order valence-corrected chi connectivity index (χ4v) is 2.50. The molecule has 112 valence electrons. The van der Waals surface area contributed by atoms with Crippen molar-refractivity contribution < 1.29 is 18.0 Å². The van der Waals surface area contributed by atoms with E-state index in [0.29, 0.717) is 5.69 Å². The maximum Gasteiger partial charge on any atom is 0.416 e. The van der Waals surface area contributed by atoms with Crippen molar-refractivity contribution in [2.24, 2.45) is 0 Å². The Morgan fingerprint density at radius 2 is 2.10 bits per heavy atom. The van der Waals surface area contributed by atoms with Crippen LogP contribution in [0.5, 0.6) is 0 Å². The maximum absolute atomic E-state index is 12.6. The van der Waals surface area contributed by atoms with Crippen LogP contribution in [0.4, 0.5) is 24.0 Å². The van der Waals surface area contributed by atoms with E-state index in [9.17, 15) is 18.0 Å². The molecule has 9 heteroatoms. The molecule has 0 aliphatic heterocycles. The number of thiazole rings is 1. The molecule has 0 spiro atoms. The number of nitrogen functional groups attached to an aromatic ring is 1. The fraction of sp³-hybridized carbons (Fsp3) is 0.167. The molecule has 0 fully saturated rings. The smallest absolute Gasteiger partial charge is 0.375 e. The summed E-state index contributed by atoms with van der Waals surface area (Å²) >= 11 is 6.75. The monoisotopic (exact) mass is 335 g/mol. The number of nitrogens with two attached hydrogens (primary N) is 1.